The molecule has 3 rings (SSSR count). The van der Waals surface area contributed by atoms with Crippen molar-refractivity contribution in [3.63, 3.8) is 0 Å². The quantitative estimate of drug-likeness (QED) is 0.635. The van der Waals surface area contributed by atoms with Crippen LogP contribution in [0, 0.1) is 24.2 Å². The van der Waals surface area contributed by atoms with E-state index in [1.54, 1.807) is 12.1 Å². The second-order valence-electron chi connectivity index (χ2n) is 7.53. The smallest absolute Gasteiger partial charge is 0.259 e. The lowest BCUT2D eigenvalue weighted by atomic mass is 9.97. The van der Waals surface area contributed by atoms with E-state index >= 15 is 0 Å². The highest BCUT2D eigenvalue weighted by atomic mass is 16.2. The van der Waals surface area contributed by atoms with Gasteiger partial charge in [-0.05, 0) is 69.7 Å². The topological polar surface area (TPSA) is 75.3 Å². The minimum absolute atomic E-state index is 0.0921. The highest BCUT2D eigenvalue weighted by Crippen LogP contribution is 2.21. The molecule has 0 saturated heterocycles. The van der Waals surface area contributed by atoms with Crippen molar-refractivity contribution in [2.75, 3.05) is 5.32 Å². The molecule has 2 aromatic carbocycles. The molecule has 0 bridgehead atoms. The van der Waals surface area contributed by atoms with E-state index in [9.17, 15) is 14.4 Å². The molecular formula is C22H20N2O3. The van der Waals surface area contributed by atoms with Crippen molar-refractivity contribution in [2.24, 2.45) is 5.41 Å². The molecule has 5 nitrogen and oxygen atoms in total. The Morgan fingerprint density at radius 1 is 1.00 bits per heavy atom. The number of benzene rings is 2. The maximum absolute atomic E-state index is 12.6. The Balaban J connectivity index is 1.81. The van der Waals surface area contributed by atoms with Crippen LogP contribution in [0.4, 0.5) is 5.69 Å². The van der Waals surface area contributed by atoms with E-state index < -0.39 is 11.8 Å². The van der Waals surface area contributed by atoms with Crippen LogP contribution < -0.4 is 10.6 Å². The van der Waals surface area contributed by atoms with Crippen molar-refractivity contribution in [1.82, 2.24) is 5.32 Å². The first-order valence-electron chi connectivity index (χ1n) is 8.59. The number of fused-ring (bicyclic) bond motifs is 1. The van der Waals surface area contributed by atoms with Gasteiger partial charge in [0.15, 0.2) is 0 Å². The Labute approximate surface area is 158 Å². The molecule has 0 fully saturated rings. The molecule has 1 aliphatic rings. The Hall–Kier alpha value is -3.39. The van der Waals surface area contributed by atoms with Gasteiger partial charge in [0.1, 0.15) is 0 Å². The molecule has 0 spiro atoms. The van der Waals surface area contributed by atoms with Crippen LogP contribution >= 0.6 is 0 Å². The molecule has 2 N–H and O–H groups in total. The van der Waals surface area contributed by atoms with Crippen LogP contribution in [0.3, 0.4) is 0 Å². The van der Waals surface area contributed by atoms with Gasteiger partial charge < -0.3 is 5.32 Å². The zero-order valence-corrected chi connectivity index (χ0v) is 15.7. The summed E-state index contributed by atoms with van der Waals surface area (Å²) in [5.41, 5.74) is 3.13. The van der Waals surface area contributed by atoms with E-state index in [0.29, 0.717) is 16.8 Å². The van der Waals surface area contributed by atoms with Crippen LogP contribution in [0.1, 0.15) is 63.0 Å². The molecule has 2 aromatic rings. The van der Waals surface area contributed by atoms with Gasteiger partial charge in [0.25, 0.3) is 17.7 Å². The fourth-order valence-corrected chi connectivity index (χ4v) is 2.70. The van der Waals surface area contributed by atoms with E-state index in [2.05, 4.69) is 22.5 Å². The van der Waals surface area contributed by atoms with Crippen molar-refractivity contribution < 1.29 is 14.4 Å². The van der Waals surface area contributed by atoms with E-state index in [-0.39, 0.29) is 16.9 Å². The average molecular weight is 360 g/mol. The predicted octanol–water partition coefficient (Wildman–Crippen LogP) is 3.53. The van der Waals surface area contributed by atoms with Gasteiger partial charge in [0, 0.05) is 22.2 Å². The summed E-state index contributed by atoms with van der Waals surface area (Å²) in [5.74, 6) is 5.13. The average Bonchev–Trinajstić information content (AvgIpc) is 2.86. The van der Waals surface area contributed by atoms with Gasteiger partial charge in [0.2, 0.25) is 0 Å². The number of carbonyl (C=O) groups excluding carboxylic acids is 3. The number of nitrogens with one attached hydrogen (secondary N) is 2. The monoisotopic (exact) mass is 360 g/mol. The van der Waals surface area contributed by atoms with Crippen molar-refractivity contribution >= 4 is 23.4 Å². The number of imide groups is 1. The predicted molar refractivity (Wildman–Crippen MR) is 104 cm³/mol. The van der Waals surface area contributed by atoms with Crippen LogP contribution in [0.2, 0.25) is 0 Å². The van der Waals surface area contributed by atoms with Gasteiger partial charge in [-0.3, -0.25) is 19.7 Å². The molecule has 0 unspecified atom stereocenters. The molecule has 0 aromatic heterocycles. The number of aryl methyl sites for hydroxylation is 1. The minimum Gasteiger partial charge on any atom is -0.322 e. The van der Waals surface area contributed by atoms with Crippen LogP contribution in [0.25, 0.3) is 0 Å². The molecule has 0 saturated carbocycles. The fraction of sp³-hybridized carbons (Fsp3) is 0.227. The summed E-state index contributed by atoms with van der Waals surface area (Å²) in [6, 6.07) is 10.1. The highest BCUT2D eigenvalue weighted by molar-refractivity contribution is 6.22. The number of hydrogen-bond acceptors (Lipinski definition) is 3. The van der Waals surface area contributed by atoms with Gasteiger partial charge in [0.05, 0.1) is 11.1 Å². The van der Waals surface area contributed by atoms with E-state index in [4.69, 9.17) is 0 Å². The third-order valence-electron chi connectivity index (χ3n) is 4.05. The molecular weight excluding hydrogens is 340 g/mol. The summed E-state index contributed by atoms with van der Waals surface area (Å²) < 4.78 is 0. The van der Waals surface area contributed by atoms with Gasteiger partial charge in [-0.25, -0.2) is 0 Å². The van der Waals surface area contributed by atoms with Gasteiger partial charge in [-0.2, -0.15) is 0 Å². The van der Waals surface area contributed by atoms with Crippen molar-refractivity contribution in [3.8, 4) is 11.8 Å². The van der Waals surface area contributed by atoms with Gasteiger partial charge in [-0.15, -0.1) is 0 Å². The normalized spacial score (nSPS) is 12.7. The molecule has 1 heterocycles. The first-order valence-corrected chi connectivity index (χ1v) is 8.59. The lowest BCUT2D eigenvalue weighted by molar-refractivity contribution is 0.0878. The maximum atomic E-state index is 12.6. The zero-order valence-electron chi connectivity index (χ0n) is 15.7. The zero-order chi connectivity index (χ0) is 19.8. The number of hydrogen-bond donors (Lipinski definition) is 2. The summed E-state index contributed by atoms with van der Waals surface area (Å²) in [6.07, 6.45) is 0. The van der Waals surface area contributed by atoms with Crippen LogP contribution in [0.15, 0.2) is 36.4 Å². The van der Waals surface area contributed by atoms with Crippen molar-refractivity contribution in [1.29, 1.82) is 0 Å². The SMILES string of the molecule is Cc1cc(C#CC(C)(C)C)ccc1C(=O)Nc1ccc2c(c1)C(=O)NC2=O. The van der Waals surface area contributed by atoms with Gasteiger partial charge >= 0.3 is 0 Å². The van der Waals surface area contributed by atoms with E-state index in [1.807, 2.05) is 39.8 Å². The first-order chi connectivity index (χ1) is 12.6. The number of anilines is 1. The summed E-state index contributed by atoms with van der Waals surface area (Å²) in [5, 5.41) is 5.00. The van der Waals surface area contributed by atoms with Crippen LogP contribution in [-0.4, -0.2) is 17.7 Å². The first kappa shape index (κ1) is 18.4. The van der Waals surface area contributed by atoms with Gasteiger partial charge in [-0.1, -0.05) is 11.8 Å². The third kappa shape index (κ3) is 4.06. The Morgan fingerprint density at radius 2 is 1.70 bits per heavy atom. The van der Waals surface area contributed by atoms with Crippen LogP contribution in [-0.2, 0) is 0 Å². The second-order valence-corrected chi connectivity index (χ2v) is 7.53. The molecule has 3 amide bonds. The van der Waals surface area contributed by atoms with E-state index in [0.717, 1.165) is 11.1 Å². The molecule has 27 heavy (non-hydrogen) atoms. The summed E-state index contributed by atoms with van der Waals surface area (Å²) >= 11 is 0. The Bertz CT molecular complexity index is 1030. The molecule has 0 atom stereocenters. The number of amides is 3. The molecule has 0 radical (unpaired) electrons. The van der Waals surface area contributed by atoms with Crippen molar-refractivity contribution in [2.45, 2.75) is 27.7 Å². The lowest BCUT2D eigenvalue weighted by Gasteiger charge is -2.10. The molecule has 136 valence electrons. The number of carbonyl (C=O) groups is 3. The number of rotatable bonds is 2. The molecule has 1 aliphatic heterocycles. The second kappa shape index (κ2) is 6.73. The molecule has 0 aliphatic carbocycles. The Morgan fingerprint density at radius 3 is 2.37 bits per heavy atom. The minimum atomic E-state index is -0.455. The van der Waals surface area contributed by atoms with Crippen LogP contribution in [0.5, 0.6) is 0 Å². The highest BCUT2D eigenvalue weighted by Gasteiger charge is 2.26. The van der Waals surface area contributed by atoms with Crippen molar-refractivity contribution in [3.05, 3.63) is 64.2 Å². The maximum Gasteiger partial charge on any atom is 0.259 e. The third-order valence-corrected chi connectivity index (χ3v) is 4.05. The fourth-order valence-electron chi connectivity index (χ4n) is 2.70. The molecule has 5 heteroatoms. The summed E-state index contributed by atoms with van der Waals surface area (Å²) in [6.45, 7) is 7.98. The van der Waals surface area contributed by atoms with E-state index in [1.165, 1.54) is 12.1 Å². The Kier molecular flexibility index (Phi) is 4.59. The standard InChI is InChI=1S/C22H20N2O3/c1-13-11-14(9-10-22(2,3)4)5-7-16(13)19(25)23-15-6-8-17-18(12-15)21(27)24-20(17)26/h5-8,11-12H,1-4H3,(H,23,25)(H,24,26,27). The summed E-state index contributed by atoms with van der Waals surface area (Å²) in [4.78, 5) is 35.9. The largest absolute Gasteiger partial charge is 0.322 e. The summed E-state index contributed by atoms with van der Waals surface area (Å²) in [7, 11) is 0. The lowest BCUT2D eigenvalue weighted by Crippen LogP contribution is -2.19.